The van der Waals surface area contributed by atoms with E-state index in [-0.39, 0.29) is 11.8 Å². The average molecular weight is 268 g/mol. The van der Waals surface area contributed by atoms with E-state index in [1.165, 1.54) is 0 Å². The molecule has 1 aliphatic heterocycles. The van der Waals surface area contributed by atoms with E-state index in [1.807, 2.05) is 4.90 Å². The summed E-state index contributed by atoms with van der Waals surface area (Å²) in [6.07, 6.45) is 8.76. The first-order valence-electron chi connectivity index (χ1n) is 7.78. The summed E-state index contributed by atoms with van der Waals surface area (Å²) in [6.45, 7) is 4.50. The maximum atomic E-state index is 11.8. The first kappa shape index (κ1) is 16.0. The largest absolute Gasteiger partial charge is 0.356 e. The zero-order valence-corrected chi connectivity index (χ0v) is 12.2. The molecule has 0 saturated carbocycles. The summed E-state index contributed by atoms with van der Waals surface area (Å²) < 4.78 is 0. The molecule has 4 heteroatoms. The summed E-state index contributed by atoms with van der Waals surface area (Å²) in [4.78, 5) is 25.2. The van der Waals surface area contributed by atoms with Gasteiger partial charge in [-0.3, -0.25) is 9.59 Å². The fourth-order valence-electron chi connectivity index (χ4n) is 2.40. The highest BCUT2D eigenvalue weighted by atomic mass is 16.2. The van der Waals surface area contributed by atoms with Crippen LogP contribution >= 0.6 is 0 Å². The number of nitrogens with zero attached hydrogens (tertiary/aromatic N) is 1. The zero-order valence-electron chi connectivity index (χ0n) is 12.2. The molecule has 2 amide bonds. The second-order valence-corrected chi connectivity index (χ2v) is 5.35. The van der Waals surface area contributed by atoms with E-state index in [0.717, 1.165) is 58.0 Å². The van der Waals surface area contributed by atoms with Crippen molar-refractivity contribution in [2.75, 3.05) is 19.6 Å². The Kier molecular flexibility index (Phi) is 8.26. The van der Waals surface area contributed by atoms with Crippen LogP contribution in [0.5, 0.6) is 0 Å². The van der Waals surface area contributed by atoms with Gasteiger partial charge >= 0.3 is 0 Å². The number of nitrogens with one attached hydrogen (secondary N) is 1. The van der Waals surface area contributed by atoms with Gasteiger partial charge in [0, 0.05) is 32.5 Å². The van der Waals surface area contributed by atoms with Crippen LogP contribution in [0.3, 0.4) is 0 Å². The first-order chi connectivity index (χ1) is 9.24. The van der Waals surface area contributed by atoms with Crippen molar-refractivity contribution in [3.05, 3.63) is 0 Å². The van der Waals surface area contributed by atoms with Crippen LogP contribution in [0.1, 0.15) is 64.7 Å². The van der Waals surface area contributed by atoms with Gasteiger partial charge in [-0.15, -0.1) is 0 Å². The van der Waals surface area contributed by atoms with Crippen LogP contribution < -0.4 is 5.32 Å². The highest BCUT2D eigenvalue weighted by molar-refractivity contribution is 5.76. The molecule has 0 aliphatic carbocycles. The molecule has 0 radical (unpaired) electrons. The van der Waals surface area contributed by atoms with E-state index < -0.39 is 0 Å². The molecular formula is C15H28N2O2. The minimum Gasteiger partial charge on any atom is -0.356 e. The van der Waals surface area contributed by atoms with Crippen LogP contribution in [0, 0.1) is 0 Å². The summed E-state index contributed by atoms with van der Waals surface area (Å²) in [5, 5.41) is 2.93. The predicted octanol–water partition coefficient (Wildman–Crippen LogP) is 2.48. The maximum absolute atomic E-state index is 11.8. The lowest BCUT2D eigenvalue weighted by Gasteiger charge is -2.20. The average Bonchev–Trinajstić information content (AvgIpc) is 2.60. The number of carbonyl (C=O) groups is 2. The van der Waals surface area contributed by atoms with Crippen LogP contribution in [0.15, 0.2) is 0 Å². The number of amides is 2. The molecule has 1 N–H and O–H groups in total. The normalized spacial score (nSPS) is 16.3. The molecule has 110 valence electrons. The molecular weight excluding hydrogens is 240 g/mol. The van der Waals surface area contributed by atoms with Gasteiger partial charge in [-0.05, 0) is 25.7 Å². The highest BCUT2D eigenvalue weighted by Gasteiger charge is 2.15. The number of hydrogen-bond acceptors (Lipinski definition) is 2. The zero-order chi connectivity index (χ0) is 13.9. The lowest BCUT2D eigenvalue weighted by molar-refractivity contribution is -0.130. The molecule has 0 aromatic rings. The van der Waals surface area contributed by atoms with Gasteiger partial charge in [0.05, 0.1) is 0 Å². The minimum atomic E-state index is 0.149. The standard InChI is InChI=1S/C15H28N2O2/c1-2-3-5-9-14(18)16-11-8-13-17-12-7-4-6-10-15(17)19/h2-13H2,1H3,(H,16,18). The fourth-order valence-corrected chi connectivity index (χ4v) is 2.40. The summed E-state index contributed by atoms with van der Waals surface area (Å²) in [7, 11) is 0. The van der Waals surface area contributed by atoms with Gasteiger partial charge in [0.25, 0.3) is 0 Å². The molecule has 0 aromatic heterocycles. The topological polar surface area (TPSA) is 49.4 Å². The molecule has 0 spiro atoms. The second-order valence-electron chi connectivity index (χ2n) is 5.35. The molecule has 1 heterocycles. The predicted molar refractivity (Wildman–Crippen MR) is 76.8 cm³/mol. The Bertz CT molecular complexity index is 279. The van der Waals surface area contributed by atoms with Crippen LogP contribution in [0.2, 0.25) is 0 Å². The Morgan fingerprint density at radius 2 is 2.05 bits per heavy atom. The van der Waals surface area contributed by atoms with E-state index in [0.29, 0.717) is 19.4 Å². The van der Waals surface area contributed by atoms with E-state index in [4.69, 9.17) is 0 Å². The molecule has 0 atom stereocenters. The van der Waals surface area contributed by atoms with Gasteiger partial charge in [-0.2, -0.15) is 0 Å². The molecule has 0 bridgehead atoms. The lowest BCUT2D eigenvalue weighted by atomic mass is 10.2. The molecule has 0 aromatic carbocycles. The fraction of sp³-hybridized carbons (Fsp3) is 0.867. The van der Waals surface area contributed by atoms with Crippen molar-refractivity contribution in [2.45, 2.75) is 64.7 Å². The summed E-state index contributed by atoms with van der Waals surface area (Å²) in [6, 6.07) is 0. The van der Waals surface area contributed by atoms with Gasteiger partial charge in [0.1, 0.15) is 0 Å². The van der Waals surface area contributed by atoms with Gasteiger partial charge in [0.15, 0.2) is 0 Å². The molecule has 1 rings (SSSR count). The van der Waals surface area contributed by atoms with E-state index in [1.54, 1.807) is 0 Å². The Morgan fingerprint density at radius 1 is 1.21 bits per heavy atom. The number of rotatable bonds is 8. The Balaban J connectivity index is 2.06. The maximum Gasteiger partial charge on any atom is 0.222 e. The molecule has 4 nitrogen and oxygen atoms in total. The Hall–Kier alpha value is -1.06. The van der Waals surface area contributed by atoms with Crippen molar-refractivity contribution in [3.63, 3.8) is 0 Å². The third-order valence-electron chi connectivity index (χ3n) is 3.61. The molecule has 1 aliphatic rings. The first-order valence-corrected chi connectivity index (χ1v) is 7.78. The molecule has 0 unspecified atom stereocenters. The van der Waals surface area contributed by atoms with Crippen LogP contribution in [0.4, 0.5) is 0 Å². The van der Waals surface area contributed by atoms with Gasteiger partial charge in [-0.25, -0.2) is 0 Å². The highest BCUT2D eigenvalue weighted by Crippen LogP contribution is 2.11. The molecule has 19 heavy (non-hydrogen) atoms. The van der Waals surface area contributed by atoms with Gasteiger partial charge in [-0.1, -0.05) is 26.2 Å². The van der Waals surface area contributed by atoms with Gasteiger partial charge in [0.2, 0.25) is 11.8 Å². The summed E-state index contributed by atoms with van der Waals surface area (Å²) in [5.74, 6) is 0.433. The van der Waals surface area contributed by atoms with Crippen molar-refractivity contribution in [1.29, 1.82) is 0 Å². The smallest absolute Gasteiger partial charge is 0.222 e. The lowest BCUT2D eigenvalue weighted by Crippen LogP contribution is -2.33. The SMILES string of the molecule is CCCCCC(=O)NCCCN1CCCCCC1=O. The molecule has 1 saturated heterocycles. The van der Waals surface area contributed by atoms with E-state index in [9.17, 15) is 9.59 Å². The third kappa shape index (κ3) is 7.19. The van der Waals surface area contributed by atoms with Gasteiger partial charge < -0.3 is 10.2 Å². The van der Waals surface area contributed by atoms with E-state index >= 15 is 0 Å². The van der Waals surface area contributed by atoms with Crippen molar-refractivity contribution in [1.82, 2.24) is 10.2 Å². The second kappa shape index (κ2) is 9.82. The number of carbonyl (C=O) groups excluding carboxylic acids is 2. The quantitative estimate of drug-likeness (QED) is 0.688. The summed E-state index contributed by atoms with van der Waals surface area (Å²) >= 11 is 0. The number of unbranched alkanes of at least 4 members (excludes halogenated alkanes) is 2. The van der Waals surface area contributed by atoms with Crippen LogP contribution in [-0.2, 0) is 9.59 Å². The van der Waals surface area contributed by atoms with Crippen LogP contribution in [0.25, 0.3) is 0 Å². The Labute approximate surface area is 116 Å². The third-order valence-corrected chi connectivity index (χ3v) is 3.61. The number of hydrogen-bond donors (Lipinski definition) is 1. The molecule has 1 fully saturated rings. The summed E-state index contributed by atoms with van der Waals surface area (Å²) in [5.41, 5.74) is 0. The van der Waals surface area contributed by atoms with Crippen molar-refractivity contribution < 1.29 is 9.59 Å². The Morgan fingerprint density at radius 3 is 2.84 bits per heavy atom. The van der Waals surface area contributed by atoms with Crippen molar-refractivity contribution in [3.8, 4) is 0 Å². The number of likely N-dealkylation sites (tertiary alicyclic amines) is 1. The van der Waals surface area contributed by atoms with Crippen LogP contribution in [-0.4, -0.2) is 36.3 Å². The minimum absolute atomic E-state index is 0.149. The monoisotopic (exact) mass is 268 g/mol. The van der Waals surface area contributed by atoms with Crippen molar-refractivity contribution >= 4 is 11.8 Å². The van der Waals surface area contributed by atoms with E-state index in [2.05, 4.69) is 12.2 Å². The van der Waals surface area contributed by atoms with Crippen molar-refractivity contribution in [2.24, 2.45) is 0 Å².